The van der Waals surface area contributed by atoms with Gasteiger partial charge in [-0.1, -0.05) is 19.9 Å². The van der Waals surface area contributed by atoms with E-state index in [4.69, 9.17) is 14.2 Å². The average molecular weight is 415 g/mol. The van der Waals surface area contributed by atoms with Crippen LogP contribution in [0.2, 0.25) is 0 Å². The van der Waals surface area contributed by atoms with Crippen LogP contribution in [0.1, 0.15) is 54.7 Å². The lowest BCUT2D eigenvalue weighted by Gasteiger charge is -2.24. The summed E-state index contributed by atoms with van der Waals surface area (Å²) in [7, 11) is 3.00. The Bertz CT molecular complexity index is 911. The van der Waals surface area contributed by atoms with E-state index >= 15 is 0 Å². The first-order chi connectivity index (χ1) is 14.2. The maximum atomic E-state index is 12.5. The van der Waals surface area contributed by atoms with Crippen molar-refractivity contribution >= 4 is 11.8 Å². The van der Waals surface area contributed by atoms with Crippen LogP contribution in [0, 0.1) is 12.8 Å². The highest BCUT2D eigenvalue weighted by Gasteiger charge is 2.27. The number of esters is 1. The number of rotatable bonds is 9. The van der Waals surface area contributed by atoms with Crippen LogP contribution in [0.5, 0.6) is 17.2 Å². The normalized spacial score (nSPS) is 13.8. The van der Waals surface area contributed by atoms with E-state index in [0.29, 0.717) is 0 Å². The fourth-order valence-electron chi connectivity index (χ4n) is 3.20. The van der Waals surface area contributed by atoms with Crippen molar-refractivity contribution in [1.82, 2.24) is 4.98 Å². The second-order valence-electron chi connectivity index (χ2n) is 7.39. The van der Waals surface area contributed by atoms with Crippen LogP contribution in [0.15, 0.2) is 30.5 Å². The summed E-state index contributed by atoms with van der Waals surface area (Å²) in [5.74, 6) is -1.06. The SMILES string of the molecule is COc1ccc([C@H](C)[C@H](C)OC(=O)[C@@H](C)CC(=O)c2nccc(OC)c2O)c(C)c1. The Morgan fingerprint density at radius 2 is 1.80 bits per heavy atom. The van der Waals surface area contributed by atoms with Gasteiger partial charge >= 0.3 is 5.97 Å². The van der Waals surface area contributed by atoms with Gasteiger partial charge in [-0.3, -0.25) is 9.59 Å². The van der Waals surface area contributed by atoms with Crippen LogP contribution in [0.3, 0.4) is 0 Å². The number of aryl methyl sites for hydroxylation is 1. The zero-order valence-corrected chi connectivity index (χ0v) is 18.3. The smallest absolute Gasteiger partial charge is 0.309 e. The maximum Gasteiger partial charge on any atom is 0.309 e. The van der Waals surface area contributed by atoms with Crippen molar-refractivity contribution < 1.29 is 28.9 Å². The summed E-state index contributed by atoms with van der Waals surface area (Å²) in [5, 5.41) is 10.1. The molecular weight excluding hydrogens is 386 g/mol. The number of carbonyl (C=O) groups excluding carboxylic acids is 2. The van der Waals surface area contributed by atoms with Crippen molar-refractivity contribution in [3.63, 3.8) is 0 Å². The molecule has 2 aromatic rings. The van der Waals surface area contributed by atoms with Crippen molar-refractivity contribution in [3.8, 4) is 17.2 Å². The average Bonchev–Trinajstić information content (AvgIpc) is 2.72. The van der Waals surface area contributed by atoms with Gasteiger partial charge < -0.3 is 19.3 Å². The third-order valence-corrected chi connectivity index (χ3v) is 5.24. The van der Waals surface area contributed by atoms with E-state index in [9.17, 15) is 14.7 Å². The minimum absolute atomic E-state index is 0.0353. The van der Waals surface area contributed by atoms with Gasteiger partial charge in [-0.2, -0.15) is 0 Å². The molecule has 0 aliphatic heterocycles. The number of aromatic nitrogens is 1. The molecule has 2 rings (SSSR count). The quantitative estimate of drug-likeness (QED) is 0.487. The molecule has 0 saturated heterocycles. The van der Waals surface area contributed by atoms with Gasteiger partial charge in [0.15, 0.2) is 23.0 Å². The first kappa shape index (κ1) is 23.2. The molecule has 0 spiro atoms. The van der Waals surface area contributed by atoms with E-state index in [-0.39, 0.29) is 35.6 Å². The predicted octanol–water partition coefficient (Wildman–Crippen LogP) is 4.06. The molecule has 162 valence electrons. The van der Waals surface area contributed by atoms with E-state index in [2.05, 4.69) is 4.98 Å². The van der Waals surface area contributed by atoms with E-state index in [0.717, 1.165) is 16.9 Å². The van der Waals surface area contributed by atoms with Gasteiger partial charge in [0.2, 0.25) is 0 Å². The lowest BCUT2D eigenvalue weighted by Crippen LogP contribution is -2.26. The van der Waals surface area contributed by atoms with Crippen molar-refractivity contribution in [2.24, 2.45) is 5.92 Å². The fourth-order valence-corrected chi connectivity index (χ4v) is 3.20. The minimum Gasteiger partial charge on any atom is -0.503 e. The number of pyridine rings is 1. The number of hydrogen-bond donors (Lipinski definition) is 1. The molecule has 1 aromatic carbocycles. The predicted molar refractivity (Wildman–Crippen MR) is 112 cm³/mol. The molecule has 0 saturated carbocycles. The highest BCUT2D eigenvalue weighted by molar-refractivity contribution is 5.99. The van der Waals surface area contributed by atoms with Crippen molar-refractivity contribution in [2.45, 2.75) is 46.1 Å². The number of ether oxygens (including phenoxy) is 3. The van der Waals surface area contributed by atoms with Crippen LogP contribution in [-0.4, -0.2) is 42.2 Å². The van der Waals surface area contributed by atoms with Crippen LogP contribution in [0.25, 0.3) is 0 Å². The Morgan fingerprint density at radius 1 is 1.10 bits per heavy atom. The van der Waals surface area contributed by atoms with Gasteiger partial charge in [0.1, 0.15) is 11.9 Å². The molecule has 0 radical (unpaired) electrons. The highest BCUT2D eigenvalue weighted by Crippen LogP contribution is 2.30. The van der Waals surface area contributed by atoms with Gasteiger partial charge in [0, 0.05) is 24.6 Å². The van der Waals surface area contributed by atoms with Gasteiger partial charge in [-0.05, 0) is 37.1 Å². The van der Waals surface area contributed by atoms with Crippen molar-refractivity contribution in [3.05, 3.63) is 47.3 Å². The number of nitrogens with zero attached hydrogens (tertiary/aromatic N) is 1. The summed E-state index contributed by atoms with van der Waals surface area (Å²) < 4.78 is 15.8. The zero-order chi connectivity index (χ0) is 22.4. The molecule has 0 aliphatic rings. The molecule has 1 N–H and O–H groups in total. The molecule has 0 aliphatic carbocycles. The van der Waals surface area contributed by atoms with E-state index in [1.807, 2.05) is 39.0 Å². The lowest BCUT2D eigenvalue weighted by molar-refractivity contribution is -0.153. The molecule has 1 heterocycles. The Balaban J connectivity index is 2.02. The summed E-state index contributed by atoms with van der Waals surface area (Å²) in [6.07, 6.45) is 0.857. The van der Waals surface area contributed by atoms with Crippen LogP contribution < -0.4 is 9.47 Å². The first-order valence-electron chi connectivity index (χ1n) is 9.79. The number of methoxy groups -OCH3 is 2. The summed E-state index contributed by atoms with van der Waals surface area (Å²) in [4.78, 5) is 29.0. The monoisotopic (exact) mass is 415 g/mol. The third-order valence-electron chi connectivity index (χ3n) is 5.24. The van der Waals surface area contributed by atoms with Gasteiger partial charge in [0.25, 0.3) is 0 Å². The summed E-state index contributed by atoms with van der Waals surface area (Å²) in [5.41, 5.74) is 1.99. The van der Waals surface area contributed by atoms with Gasteiger partial charge in [-0.25, -0.2) is 4.98 Å². The summed E-state index contributed by atoms with van der Waals surface area (Å²) in [6, 6.07) is 7.24. The van der Waals surface area contributed by atoms with Gasteiger partial charge in [0.05, 0.1) is 20.1 Å². The molecule has 0 fully saturated rings. The Hall–Kier alpha value is -3.09. The lowest BCUT2D eigenvalue weighted by atomic mass is 9.92. The van der Waals surface area contributed by atoms with Crippen LogP contribution >= 0.6 is 0 Å². The molecule has 7 nitrogen and oxygen atoms in total. The second kappa shape index (κ2) is 10.1. The Morgan fingerprint density at radius 3 is 2.40 bits per heavy atom. The molecule has 0 amide bonds. The Labute approximate surface area is 177 Å². The molecule has 0 bridgehead atoms. The maximum absolute atomic E-state index is 12.5. The summed E-state index contributed by atoms with van der Waals surface area (Å²) >= 11 is 0. The fraction of sp³-hybridized carbons (Fsp3) is 0.435. The van der Waals surface area contributed by atoms with Crippen molar-refractivity contribution in [1.29, 1.82) is 0 Å². The second-order valence-corrected chi connectivity index (χ2v) is 7.39. The van der Waals surface area contributed by atoms with Crippen LogP contribution in [-0.2, 0) is 9.53 Å². The Kier molecular flexibility index (Phi) is 7.80. The number of benzene rings is 1. The number of ketones is 1. The molecule has 30 heavy (non-hydrogen) atoms. The van der Waals surface area contributed by atoms with Gasteiger partial charge in [-0.15, -0.1) is 0 Å². The number of Topliss-reactive ketones (excluding diaryl/α,β-unsaturated/α-hetero) is 1. The molecule has 7 heteroatoms. The first-order valence-corrected chi connectivity index (χ1v) is 9.79. The summed E-state index contributed by atoms with van der Waals surface area (Å²) in [6.45, 7) is 7.42. The molecule has 1 aromatic heterocycles. The van der Waals surface area contributed by atoms with E-state index in [1.165, 1.54) is 19.4 Å². The molecule has 3 atom stereocenters. The van der Waals surface area contributed by atoms with Crippen LogP contribution in [0.4, 0.5) is 0 Å². The standard InChI is InChI=1S/C23H29NO6/c1-13-11-17(28-5)7-8-18(13)15(3)16(4)30-23(27)14(2)12-19(25)21-22(26)20(29-6)9-10-24-21/h7-11,14-16,26H,12H2,1-6H3/t14-,15+,16-/m0/s1. The molecule has 0 unspecified atom stereocenters. The van der Waals surface area contributed by atoms with Crippen molar-refractivity contribution in [2.75, 3.05) is 14.2 Å². The molecular formula is C23H29NO6. The number of aromatic hydroxyl groups is 1. The van der Waals surface area contributed by atoms with E-state index in [1.54, 1.807) is 14.0 Å². The van der Waals surface area contributed by atoms with E-state index < -0.39 is 17.7 Å². The topological polar surface area (TPSA) is 95.0 Å². The minimum atomic E-state index is -0.684. The number of hydrogen-bond acceptors (Lipinski definition) is 7. The zero-order valence-electron chi connectivity index (χ0n) is 18.3. The largest absolute Gasteiger partial charge is 0.503 e. The third kappa shape index (κ3) is 5.28. The highest BCUT2D eigenvalue weighted by atomic mass is 16.5. The number of carbonyl (C=O) groups is 2.